The number of halogens is 1. The highest BCUT2D eigenvalue weighted by Crippen LogP contribution is 2.24. The normalized spacial score (nSPS) is 11.3. The van der Waals surface area contributed by atoms with Crippen LogP contribution in [0.2, 0.25) is 0 Å². The summed E-state index contributed by atoms with van der Waals surface area (Å²) in [6.45, 7) is 2.43. The lowest BCUT2D eigenvalue weighted by Gasteiger charge is -2.11. The van der Waals surface area contributed by atoms with E-state index in [-0.39, 0.29) is 10.8 Å². The second-order valence-corrected chi connectivity index (χ2v) is 6.14. The van der Waals surface area contributed by atoms with Gasteiger partial charge in [-0.2, -0.15) is 0 Å². The van der Waals surface area contributed by atoms with Crippen molar-refractivity contribution in [1.82, 2.24) is 15.0 Å². The quantitative estimate of drug-likeness (QED) is 0.767. The second-order valence-electron chi connectivity index (χ2n) is 3.57. The minimum atomic E-state index is -3.76. The van der Waals surface area contributed by atoms with E-state index < -0.39 is 10.0 Å². The Morgan fingerprint density at radius 2 is 2.21 bits per heavy atom. The van der Waals surface area contributed by atoms with Gasteiger partial charge in [0.2, 0.25) is 5.95 Å². The van der Waals surface area contributed by atoms with Gasteiger partial charge >= 0.3 is 0 Å². The molecule has 9 heteroatoms. The molecule has 0 spiro atoms. The number of sulfonamides is 1. The van der Waals surface area contributed by atoms with E-state index in [0.29, 0.717) is 16.8 Å². The van der Waals surface area contributed by atoms with E-state index in [2.05, 4.69) is 40.9 Å². The summed E-state index contributed by atoms with van der Waals surface area (Å²) >= 11 is 3.21. The summed E-state index contributed by atoms with van der Waals surface area (Å²) in [5, 5.41) is 2.91. The van der Waals surface area contributed by atoms with Crippen molar-refractivity contribution in [1.29, 1.82) is 0 Å². The highest BCUT2D eigenvalue weighted by atomic mass is 79.9. The predicted octanol–water partition coefficient (Wildman–Crippen LogP) is 1.80. The Balaban J connectivity index is 2.41. The minimum Gasteiger partial charge on any atom is -0.369 e. The van der Waals surface area contributed by atoms with Gasteiger partial charge in [0, 0.05) is 29.6 Å². The summed E-state index contributed by atoms with van der Waals surface area (Å²) in [6, 6.07) is 1.48. The molecule has 0 saturated carbocycles. The van der Waals surface area contributed by atoms with Crippen molar-refractivity contribution in [3.05, 3.63) is 29.1 Å². The average molecular weight is 346 g/mol. The van der Waals surface area contributed by atoms with Gasteiger partial charge in [-0.05, 0) is 28.9 Å². The number of aromatic nitrogens is 3. The third kappa shape index (κ3) is 3.24. The van der Waals surface area contributed by atoms with Crippen molar-refractivity contribution < 1.29 is 8.42 Å². The van der Waals surface area contributed by atoms with Crippen molar-refractivity contribution in [3.8, 4) is 0 Å². The topological polar surface area (TPSA) is 99.8 Å². The molecule has 0 aromatic carbocycles. The van der Waals surface area contributed by atoms with E-state index in [1.54, 1.807) is 0 Å². The molecule has 0 fully saturated rings. The molecule has 0 amide bonds. The van der Waals surface area contributed by atoms with Crippen molar-refractivity contribution in [2.75, 3.05) is 16.6 Å². The lowest BCUT2D eigenvalue weighted by molar-refractivity contribution is 0.600. The lowest BCUT2D eigenvalue weighted by atomic mass is 10.4. The lowest BCUT2D eigenvalue weighted by Crippen LogP contribution is -2.17. The van der Waals surface area contributed by atoms with E-state index in [9.17, 15) is 8.42 Å². The number of hydrogen-bond donors (Lipinski definition) is 3. The largest absolute Gasteiger partial charge is 0.369 e. The van der Waals surface area contributed by atoms with Gasteiger partial charge in [-0.3, -0.25) is 0 Å². The van der Waals surface area contributed by atoms with Gasteiger partial charge in [0.1, 0.15) is 10.7 Å². The van der Waals surface area contributed by atoms with Gasteiger partial charge in [-0.1, -0.05) is 0 Å². The van der Waals surface area contributed by atoms with Crippen LogP contribution in [-0.4, -0.2) is 29.9 Å². The Bertz CT molecular complexity index is 657. The van der Waals surface area contributed by atoms with E-state index in [4.69, 9.17) is 0 Å². The fraction of sp³-hybridized carbons (Fsp3) is 0.200. The van der Waals surface area contributed by atoms with Gasteiger partial charge in [-0.15, -0.1) is 0 Å². The summed E-state index contributed by atoms with van der Waals surface area (Å²) in [6.07, 6.45) is 4.52. The maximum absolute atomic E-state index is 12.3. The zero-order valence-electron chi connectivity index (χ0n) is 10.0. The third-order valence-electron chi connectivity index (χ3n) is 2.18. The van der Waals surface area contributed by atoms with E-state index >= 15 is 0 Å². The highest BCUT2D eigenvalue weighted by molar-refractivity contribution is 9.10. The first-order valence-corrected chi connectivity index (χ1v) is 7.72. The molecule has 0 unspecified atom stereocenters. The number of aromatic amines is 1. The summed E-state index contributed by atoms with van der Waals surface area (Å²) in [5.74, 6) is 0.451. The average Bonchev–Trinajstić information content (AvgIpc) is 2.83. The van der Waals surface area contributed by atoms with Gasteiger partial charge in [0.15, 0.2) is 0 Å². The molecule has 0 aliphatic carbocycles. The summed E-state index contributed by atoms with van der Waals surface area (Å²) < 4.78 is 27.5. The Hall–Kier alpha value is -1.61. The standard InChI is InChI=1S/C10H12BrN5O2S/c1-2-12-9-8(5-7(11)6-15-9)19(17,18)16-10-13-3-4-14-10/h3-6H,2H2,1H3,(H,12,15)(H2,13,14,16). The van der Waals surface area contributed by atoms with Crippen LogP contribution in [0.5, 0.6) is 0 Å². The number of pyridine rings is 1. The molecule has 0 atom stereocenters. The van der Waals surface area contributed by atoms with Crippen LogP contribution < -0.4 is 10.0 Å². The molecule has 0 aliphatic heterocycles. The number of rotatable bonds is 5. The summed E-state index contributed by atoms with van der Waals surface area (Å²) in [5.41, 5.74) is 0. The summed E-state index contributed by atoms with van der Waals surface area (Å²) in [7, 11) is -3.76. The number of imidazole rings is 1. The molecule has 0 radical (unpaired) electrons. The van der Waals surface area contributed by atoms with Gasteiger partial charge < -0.3 is 10.3 Å². The first-order valence-electron chi connectivity index (χ1n) is 5.44. The van der Waals surface area contributed by atoms with E-state index in [1.165, 1.54) is 24.7 Å². The predicted molar refractivity (Wildman–Crippen MR) is 75.5 cm³/mol. The number of hydrogen-bond acceptors (Lipinski definition) is 5. The minimum absolute atomic E-state index is 0.0557. The van der Waals surface area contributed by atoms with Gasteiger partial charge in [0.25, 0.3) is 10.0 Å². The maximum atomic E-state index is 12.3. The van der Waals surface area contributed by atoms with Gasteiger partial charge in [0.05, 0.1) is 0 Å². The fourth-order valence-corrected chi connectivity index (χ4v) is 3.05. The molecule has 3 N–H and O–H groups in total. The Morgan fingerprint density at radius 1 is 1.42 bits per heavy atom. The molecule has 2 rings (SSSR count). The van der Waals surface area contributed by atoms with Crippen molar-refractivity contribution in [2.24, 2.45) is 0 Å². The Kier molecular flexibility index (Phi) is 4.05. The fourth-order valence-electron chi connectivity index (χ4n) is 1.43. The Morgan fingerprint density at radius 3 is 2.84 bits per heavy atom. The smallest absolute Gasteiger partial charge is 0.267 e. The monoisotopic (exact) mass is 345 g/mol. The molecule has 102 valence electrons. The summed E-state index contributed by atoms with van der Waals surface area (Å²) in [4.78, 5) is 10.6. The van der Waals surface area contributed by atoms with Crippen molar-refractivity contribution >= 4 is 37.7 Å². The molecular formula is C10H12BrN5O2S. The number of anilines is 2. The molecule has 19 heavy (non-hydrogen) atoms. The molecule has 2 aromatic rings. The van der Waals surface area contributed by atoms with Crippen LogP contribution in [0, 0.1) is 0 Å². The van der Waals surface area contributed by atoms with Crippen LogP contribution in [0.25, 0.3) is 0 Å². The van der Waals surface area contributed by atoms with Gasteiger partial charge in [-0.25, -0.2) is 23.1 Å². The first-order chi connectivity index (χ1) is 9.03. The van der Waals surface area contributed by atoms with Crippen LogP contribution in [0.3, 0.4) is 0 Å². The second kappa shape index (κ2) is 5.57. The molecule has 7 nitrogen and oxygen atoms in total. The molecule has 2 heterocycles. The number of nitrogens with zero attached hydrogens (tertiary/aromatic N) is 2. The SMILES string of the molecule is CCNc1ncc(Br)cc1S(=O)(=O)Nc1ncc[nH]1. The van der Waals surface area contributed by atoms with E-state index in [0.717, 1.165) is 0 Å². The van der Waals surface area contributed by atoms with Crippen LogP contribution in [0.1, 0.15) is 6.92 Å². The first kappa shape index (κ1) is 13.8. The molecule has 0 saturated heterocycles. The van der Waals surface area contributed by atoms with Crippen molar-refractivity contribution in [3.63, 3.8) is 0 Å². The highest BCUT2D eigenvalue weighted by Gasteiger charge is 2.21. The number of nitrogens with one attached hydrogen (secondary N) is 3. The van der Waals surface area contributed by atoms with Crippen LogP contribution in [0.4, 0.5) is 11.8 Å². The molecule has 0 aliphatic rings. The molecule has 0 bridgehead atoms. The Labute approximate surface area is 119 Å². The van der Waals surface area contributed by atoms with Crippen molar-refractivity contribution in [2.45, 2.75) is 11.8 Å². The van der Waals surface area contributed by atoms with Crippen LogP contribution in [0.15, 0.2) is 34.0 Å². The molecular weight excluding hydrogens is 334 g/mol. The zero-order chi connectivity index (χ0) is 13.9. The van der Waals surface area contributed by atoms with Crippen LogP contribution in [-0.2, 0) is 10.0 Å². The third-order valence-corrected chi connectivity index (χ3v) is 3.97. The number of H-pyrrole nitrogens is 1. The molecule has 2 aromatic heterocycles. The van der Waals surface area contributed by atoms with E-state index in [1.807, 2.05) is 6.92 Å². The zero-order valence-corrected chi connectivity index (χ0v) is 12.4. The maximum Gasteiger partial charge on any atom is 0.267 e. The van der Waals surface area contributed by atoms with Crippen LogP contribution >= 0.6 is 15.9 Å².